The van der Waals surface area contributed by atoms with Crippen LogP contribution in [-0.4, -0.2) is 29.5 Å². The van der Waals surface area contributed by atoms with Gasteiger partial charge in [0.05, 0.1) is 5.51 Å². The van der Waals surface area contributed by atoms with Gasteiger partial charge in [-0.3, -0.25) is 9.88 Å². The minimum atomic E-state index is 0.571. The van der Waals surface area contributed by atoms with Crippen molar-refractivity contribution < 1.29 is 0 Å². The van der Waals surface area contributed by atoms with Crippen molar-refractivity contribution in [2.24, 2.45) is 0 Å². The summed E-state index contributed by atoms with van der Waals surface area (Å²) in [5.41, 5.74) is 4.89. The predicted octanol–water partition coefficient (Wildman–Crippen LogP) is 2.29. The summed E-state index contributed by atoms with van der Waals surface area (Å²) in [4.78, 5) is 8.09. The van der Waals surface area contributed by atoms with Crippen LogP contribution < -0.4 is 5.32 Å². The van der Waals surface area contributed by atoms with E-state index in [0.717, 1.165) is 26.1 Å². The molecule has 0 aliphatic carbocycles. The van der Waals surface area contributed by atoms with E-state index in [0.29, 0.717) is 6.04 Å². The van der Waals surface area contributed by atoms with Crippen LogP contribution in [0.25, 0.3) is 0 Å². The van der Waals surface area contributed by atoms with Crippen molar-refractivity contribution in [2.45, 2.75) is 25.6 Å². The number of nitrogens with zero attached hydrogens (tertiary/aromatic N) is 2. The number of thiazole rings is 1. The molecule has 1 N–H and O–H groups in total. The van der Waals surface area contributed by atoms with Gasteiger partial charge in [-0.1, -0.05) is 24.3 Å². The van der Waals surface area contributed by atoms with Crippen molar-refractivity contribution in [3.8, 4) is 0 Å². The fraction of sp³-hybridized carbons (Fsp3) is 0.400. The Labute approximate surface area is 118 Å². The quantitative estimate of drug-likeness (QED) is 0.926. The number of benzene rings is 1. The van der Waals surface area contributed by atoms with Crippen LogP contribution in [0.1, 0.15) is 16.0 Å². The molecular weight excluding hydrogens is 254 g/mol. The van der Waals surface area contributed by atoms with Crippen molar-refractivity contribution >= 4 is 11.3 Å². The molecule has 19 heavy (non-hydrogen) atoms. The molecule has 0 radical (unpaired) electrons. The van der Waals surface area contributed by atoms with E-state index in [1.807, 2.05) is 18.8 Å². The molecular formula is C15H19N3S. The molecule has 1 aliphatic heterocycles. The first-order chi connectivity index (χ1) is 9.36. The molecule has 3 rings (SSSR count). The van der Waals surface area contributed by atoms with Gasteiger partial charge in [0, 0.05) is 36.8 Å². The van der Waals surface area contributed by atoms with Gasteiger partial charge < -0.3 is 5.32 Å². The monoisotopic (exact) mass is 273 g/mol. The minimum absolute atomic E-state index is 0.571. The third-order valence-electron chi connectivity index (χ3n) is 3.75. The molecule has 100 valence electrons. The maximum absolute atomic E-state index is 4.18. The molecule has 1 aromatic heterocycles. The van der Waals surface area contributed by atoms with Crippen molar-refractivity contribution in [3.05, 3.63) is 52.0 Å². The van der Waals surface area contributed by atoms with E-state index in [-0.39, 0.29) is 0 Å². The largest absolute Gasteiger partial charge is 0.318 e. The Morgan fingerprint density at radius 1 is 1.37 bits per heavy atom. The van der Waals surface area contributed by atoms with Crippen LogP contribution in [-0.2, 0) is 19.5 Å². The van der Waals surface area contributed by atoms with Gasteiger partial charge in [-0.05, 0) is 24.6 Å². The molecule has 0 fully saturated rings. The summed E-state index contributed by atoms with van der Waals surface area (Å²) in [6, 6.07) is 9.38. The Balaban J connectivity index is 1.81. The summed E-state index contributed by atoms with van der Waals surface area (Å²) in [5, 5.41) is 3.32. The fourth-order valence-electron chi connectivity index (χ4n) is 2.78. The molecule has 1 aliphatic rings. The molecule has 1 aromatic carbocycles. The molecule has 4 heteroatoms. The van der Waals surface area contributed by atoms with Crippen LogP contribution in [0.3, 0.4) is 0 Å². The standard InChI is InChI=1S/C15H19N3S/c1-16-7-14-6-12-4-2-3-5-13(12)9-18(14)10-15-8-17-11-19-15/h2-5,8,11,14,16H,6-7,9-10H2,1H3. The summed E-state index contributed by atoms with van der Waals surface area (Å²) in [6.07, 6.45) is 3.12. The summed E-state index contributed by atoms with van der Waals surface area (Å²) in [5.74, 6) is 0. The number of fused-ring (bicyclic) bond motifs is 1. The van der Waals surface area contributed by atoms with E-state index in [4.69, 9.17) is 0 Å². The van der Waals surface area contributed by atoms with E-state index in [1.54, 1.807) is 11.3 Å². The molecule has 0 bridgehead atoms. The number of aromatic nitrogens is 1. The second-order valence-electron chi connectivity index (χ2n) is 5.06. The van der Waals surface area contributed by atoms with Gasteiger partial charge in [0.25, 0.3) is 0 Å². The number of rotatable bonds is 4. The molecule has 1 unspecified atom stereocenters. The third kappa shape index (κ3) is 2.86. The predicted molar refractivity (Wildman–Crippen MR) is 79.2 cm³/mol. The Morgan fingerprint density at radius 3 is 2.95 bits per heavy atom. The van der Waals surface area contributed by atoms with Gasteiger partial charge in [-0.15, -0.1) is 11.3 Å². The maximum Gasteiger partial charge on any atom is 0.0794 e. The molecule has 0 saturated carbocycles. The number of likely N-dealkylation sites (N-methyl/N-ethyl adjacent to an activating group) is 1. The lowest BCUT2D eigenvalue weighted by Crippen LogP contribution is -2.45. The fourth-order valence-corrected chi connectivity index (χ4v) is 3.40. The molecule has 2 heterocycles. The van der Waals surface area contributed by atoms with E-state index >= 15 is 0 Å². The third-order valence-corrected chi connectivity index (χ3v) is 4.51. The normalized spacial score (nSPS) is 19.3. The highest BCUT2D eigenvalue weighted by Gasteiger charge is 2.25. The summed E-state index contributed by atoms with van der Waals surface area (Å²) >= 11 is 1.74. The number of nitrogens with one attached hydrogen (secondary N) is 1. The van der Waals surface area contributed by atoms with Gasteiger partial charge in [0.1, 0.15) is 0 Å². The zero-order chi connectivity index (χ0) is 13.1. The summed E-state index contributed by atoms with van der Waals surface area (Å²) in [7, 11) is 2.03. The summed E-state index contributed by atoms with van der Waals surface area (Å²) in [6.45, 7) is 3.08. The van der Waals surface area contributed by atoms with Crippen LogP contribution in [0.2, 0.25) is 0 Å². The Hall–Kier alpha value is -1.23. The summed E-state index contributed by atoms with van der Waals surface area (Å²) < 4.78 is 0. The Morgan fingerprint density at radius 2 is 2.21 bits per heavy atom. The lowest BCUT2D eigenvalue weighted by molar-refractivity contribution is 0.162. The second kappa shape index (κ2) is 5.82. The van der Waals surface area contributed by atoms with Crippen LogP contribution in [0.15, 0.2) is 36.0 Å². The van der Waals surface area contributed by atoms with Gasteiger partial charge >= 0.3 is 0 Å². The van der Waals surface area contributed by atoms with Gasteiger partial charge in [0.2, 0.25) is 0 Å². The second-order valence-corrected chi connectivity index (χ2v) is 6.03. The Bertz CT molecular complexity index is 524. The first-order valence-electron chi connectivity index (χ1n) is 6.69. The molecule has 3 nitrogen and oxygen atoms in total. The maximum atomic E-state index is 4.18. The van der Waals surface area contributed by atoms with E-state index < -0.39 is 0 Å². The lowest BCUT2D eigenvalue weighted by Gasteiger charge is -2.36. The van der Waals surface area contributed by atoms with Crippen LogP contribution in [0, 0.1) is 0 Å². The first-order valence-corrected chi connectivity index (χ1v) is 7.57. The van der Waals surface area contributed by atoms with E-state index in [9.17, 15) is 0 Å². The highest BCUT2D eigenvalue weighted by atomic mass is 32.1. The smallest absolute Gasteiger partial charge is 0.0794 e. The number of hydrogen-bond donors (Lipinski definition) is 1. The lowest BCUT2D eigenvalue weighted by atomic mass is 9.94. The van der Waals surface area contributed by atoms with Crippen molar-refractivity contribution in [3.63, 3.8) is 0 Å². The average Bonchev–Trinajstić information content (AvgIpc) is 2.93. The van der Waals surface area contributed by atoms with Crippen molar-refractivity contribution in [1.82, 2.24) is 15.2 Å². The zero-order valence-corrected chi connectivity index (χ0v) is 12.0. The van der Waals surface area contributed by atoms with Crippen LogP contribution in [0.5, 0.6) is 0 Å². The van der Waals surface area contributed by atoms with Crippen LogP contribution in [0.4, 0.5) is 0 Å². The molecule has 1 atom stereocenters. The van der Waals surface area contributed by atoms with Crippen molar-refractivity contribution in [1.29, 1.82) is 0 Å². The molecule has 0 amide bonds. The van der Waals surface area contributed by atoms with E-state index in [2.05, 4.69) is 39.5 Å². The van der Waals surface area contributed by atoms with Gasteiger partial charge in [0.15, 0.2) is 0 Å². The van der Waals surface area contributed by atoms with Crippen LogP contribution >= 0.6 is 11.3 Å². The highest BCUT2D eigenvalue weighted by Crippen LogP contribution is 2.25. The highest BCUT2D eigenvalue weighted by molar-refractivity contribution is 7.09. The molecule has 2 aromatic rings. The first kappa shape index (κ1) is 12.8. The minimum Gasteiger partial charge on any atom is -0.318 e. The molecule has 0 saturated heterocycles. The van der Waals surface area contributed by atoms with Crippen molar-refractivity contribution in [2.75, 3.05) is 13.6 Å². The topological polar surface area (TPSA) is 28.2 Å². The SMILES string of the molecule is CNCC1Cc2ccccc2CN1Cc1cncs1. The van der Waals surface area contributed by atoms with E-state index in [1.165, 1.54) is 16.0 Å². The molecule has 0 spiro atoms. The Kier molecular flexibility index (Phi) is 3.92. The van der Waals surface area contributed by atoms with Gasteiger partial charge in [-0.25, -0.2) is 0 Å². The number of hydrogen-bond acceptors (Lipinski definition) is 4. The zero-order valence-electron chi connectivity index (χ0n) is 11.2. The van der Waals surface area contributed by atoms with Gasteiger partial charge in [-0.2, -0.15) is 0 Å². The average molecular weight is 273 g/mol.